The van der Waals surface area contributed by atoms with Crippen LogP contribution in [0.2, 0.25) is 0 Å². The lowest BCUT2D eigenvalue weighted by Crippen LogP contribution is -2.32. The zero-order chi connectivity index (χ0) is 20.6. The van der Waals surface area contributed by atoms with Crippen LogP contribution < -0.4 is 10.0 Å². The van der Waals surface area contributed by atoms with Gasteiger partial charge in [-0.3, -0.25) is 4.79 Å². The van der Waals surface area contributed by atoms with Crippen molar-refractivity contribution in [3.05, 3.63) is 59.9 Å². The van der Waals surface area contributed by atoms with Gasteiger partial charge in [-0.25, -0.2) is 22.3 Å². The molecule has 0 aliphatic rings. The number of hydrogen-bond donors (Lipinski definition) is 2. The third kappa shape index (κ3) is 6.43. The molecular formula is C19H21FN2O5S. The Kier molecular flexibility index (Phi) is 7.65. The maximum Gasteiger partial charge on any atom is 0.338 e. The first kappa shape index (κ1) is 21.5. The number of unbranched alkanes of at least 4 members (excludes halogenated alkanes) is 1. The SMILES string of the molecule is CCCCOC(=O)c1ccc(NC(=O)CNS(=O)(=O)c2ccc(F)cc2)cc1. The molecule has 0 unspecified atom stereocenters. The molecular weight excluding hydrogens is 387 g/mol. The number of rotatable bonds is 9. The van der Waals surface area contributed by atoms with Crippen LogP contribution in [0, 0.1) is 5.82 Å². The maximum atomic E-state index is 12.9. The van der Waals surface area contributed by atoms with E-state index >= 15 is 0 Å². The Morgan fingerprint density at radius 3 is 2.29 bits per heavy atom. The first-order valence-electron chi connectivity index (χ1n) is 8.64. The average Bonchev–Trinajstić information content (AvgIpc) is 2.67. The largest absolute Gasteiger partial charge is 0.462 e. The van der Waals surface area contributed by atoms with Gasteiger partial charge in [-0.1, -0.05) is 13.3 Å². The number of benzene rings is 2. The van der Waals surface area contributed by atoms with Crippen molar-refractivity contribution in [2.75, 3.05) is 18.5 Å². The lowest BCUT2D eigenvalue weighted by molar-refractivity contribution is -0.115. The van der Waals surface area contributed by atoms with Gasteiger partial charge in [0.25, 0.3) is 0 Å². The Hall–Kier alpha value is -2.78. The van der Waals surface area contributed by atoms with Gasteiger partial charge in [0.2, 0.25) is 15.9 Å². The molecule has 0 fully saturated rings. The van der Waals surface area contributed by atoms with Crippen LogP contribution >= 0.6 is 0 Å². The minimum absolute atomic E-state index is 0.146. The summed E-state index contributed by atoms with van der Waals surface area (Å²) in [5, 5.41) is 2.52. The molecule has 0 heterocycles. The predicted molar refractivity (Wildman–Crippen MR) is 102 cm³/mol. The average molecular weight is 408 g/mol. The molecule has 0 aromatic heterocycles. The Morgan fingerprint density at radius 1 is 1.04 bits per heavy atom. The molecule has 2 N–H and O–H groups in total. The van der Waals surface area contributed by atoms with Gasteiger partial charge in [-0.2, -0.15) is 0 Å². The van der Waals surface area contributed by atoms with Crippen molar-refractivity contribution in [1.29, 1.82) is 0 Å². The minimum atomic E-state index is -3.93. The fourth-order valence-electron chi connectivity index (χ4n) is 2.15. The van der Waals surface area contributed by atoms with Crippen molar-refractivity contribution in [3.63, 3.8) is 0 Å². The molecule has 0 spiro atoms. The molecule has 9 heteroatoms. The van der Waals surface area contributed by atoms with Crippen molar-refractivity contribution in [2.24, 2.45) is 0 Å². The second kappa shape index (κ2) is 9.95. The van der Waals surface area contributed by atoms with Gasteiger partial charge < -0.3 is 10.1 Å². The fraction of sp³-hybridized carbons (Fsp3) is 0.263. The lowest BCUT2D eigenvalue weighted by Gasteiger charge is -2.09. The molecule has 0 aliphatic carbocycles. The zero-order valence-corrected chi connectivity index (χ0v) is 16.1. The highest BCUT2D eigenvalue weighted by molar-refractivity contribution is 7.89. The summed E-state index contributed by atoms with van der Waals surface area (Å²) in [5.41, 5.74) is 0.752. The van der Waals surface area contributed by atoms with E-state index in [-0.39, 0.29) is 4.90 Å². The van der Waals surface area contributed by atoms with E-state index in [4.69, 9.17) is 4.74 Å². The van der Waals surface area contributed by atoms with Gasteiger partial charge in [-0.05, 0) is 55.0 Å². The van der Waals surface area contributed by atoms with Gasteiger partial charge in [0.05, 0.1) is 23.6 Å². The van der Waals surface area contributed by atoms with E-state index in [1.165, 1.54) is 24.3 Å². The zero-order valence-electron chi connectivity index (χ0n) is 15.3. The quantitative estimate of drug-likeness (QED) is 0.491. The van der Waals surface area contributed by atoms with Crippen LogP contribution in [-0.2, 0) is 19.6 Å². The van der Waals surface area contributed by atoms with Crippen molar-refractivity contribution < 1.29 is 27.1 Å². The van der Waals surface area contributed by atoms with Crippen LogP contribution in [-0.4, -0.2) is 33.4 Å². The van der Waals surface area contributed by atoms with Gasteiger partial charge in [0.15, 0.2) is 0 Å². The van der Waals surface area contributed by atoms with Crippen molar-refractivity contribution in [2.45, 2.75) is 24.7 Å². The standard InChI is InChI=1S/C19H21FN2O5S/c1-2-3-12-27-19(24)14-4-8-16(9-5-14)22-18(23)13-21-28(25,26)17-10-6-15(20)7-11-17/h4-11,21H,2-3,12-13H2,1H3,(H,22,23). The van der Waals surface area contributed by atoms with Crippen LogP contribution in [0.3, 0.4) is 0 Å². The van der Waals surface area contributed by atoms with Crippen LogP contribution in [0.15, 0.2) is 53.4 Å². The second-order valence-electron chi connectivity index (χ2n) is 5.89. The summed E-state index contributed by atoms with van der Waals surface area (Å²) in [6.45, 7) is 1.84. The van der Waals surface area contributed by atoms with Crippen molar-refractivity contribution in [1.82, 2.24) is 4.72 Å². The minimum Gasteiger partial charge on any atom is -0.462 e. The number of nitrogens with one attached hydrogen (secondary N) is 2. The third-order valence-electron chi connectivity index (χ3n) is 3.68. The van der Waals surface area contributed by atoms with E-state index in [2.05, 4.69) is 10.0 Å². The summed E-state index contributed by atoms with van der Waals surface area (Å²) in [6.07, 6.45) is 1.71. The molecule has 0 radical (unpaired) electrons. The summed E-state index contributed by atoms with van der Waals surface area (Å²) in [6, 6.07) is 10.3. The number of anilines is 1. The number of carbonyl (C=O) groups is 2. The molecule has 1 amide bonds. The summed E-state index contributed by atoms with van der Waals surface area (Å²) in [5.74, 6) is -1.60. The number of sulfonamides is 1. The van der Waals surface area contributed by atoms with Gasteiger partial charge in [-0.15, -0.1) is 0 Å². The van der Waals surface area contributed by atoms with Crippen LogP contribution in [0.5, 0.6) is 0 Å². The highest BCUT2D eigenvalue weighted by Gasteiger charge is 2.15. The first-order chi connectivity index (χ1) is 13.3. The highest BCUT2D eigenvalue weighted by atomic mass is 32.2. The molecule has 28 heavy (non-hydrogen) atoms. The summed E-state index contributed by atoms with van der Waals surface area (Å²) < 4.78 is 44.2. The Morgan fingerprint density at radius 2 is 1.68 bits per heavy atom. The number of hydrogen-bond acceptors (Lipinski definition) is 5. The van der Waals surface area contributed by atoms with E-state index in [0.717, 1.165) is 37.1 Å². The molecule has 2 aromatic rings. The highest BCUT2D eigenvalue weighted by Crippen LogP contribution is 2.12. The van der Waals surface area contributed by atoms with Crippen LogP contribution in [0.1, 0.15) is 30.1 Å². The van der Waals surface area contributed by atoms with E-state index in [9.17, 15) is 22.4 Å². The normalized spacial score (nSPS) is 11.1. The molecule has 0 saturated heterocycles. The molecule has 2 rings (SSSR count). The number of esters is 1. The van der Waals surface area contributed by atoms with Gasteiger partial charge in [0, 0.05) is 5.69 Å². The predicted octanol–water partition coefficient (Wildman–Crippen LogP) is 2.70. The molecule has 0 bridgehead atoms. The lowest BCUT2D eigenvalue weighted by atomic mass is 10.2. The van der Waals surface area contributed by atoms with Gasteiger partial charge in [0.1, 0.15) is 5.82 Å². The molecule has 2 aromatic carbocycles. The molecule has 0 atom stereocenters. The molecule has 0 saturated carbocycles. The van der Waals surface area contributed by atoms with Crippen LogP contribution in [0.25, 0.3) is 0 Å². The fourth-order valence-corrected chi connectivity index (χ4v) is 3.13. The smallest absolute Gasteiger partial charge is 0.338 e. The summed E-state index contributed by atoms with van der Waals surface area (Å²) in [7, 11) is -3.93. The van der Waals surface area contributed by atoms with Crippen LogP contribution in [0.4, 0.5) is 10.1 Å². The number of ether oxygens (including phenoxy) is 1. The Bertz CT molecular complexity index is 912. The van der Waals surface area contributed by atoms with Gasteiger partial charge >= 0.3 is 5.97 Å². The number of carbonyl (C=O) groups excluding carboxylic acids is 2. The Balaban J connectivity index is 1.87. The summed E-state index contributed by atoms with van der Waals surface area (Å²) in [4.78, 5) is 23.6. The molecule has 0 aliphatic heterocycles. The number of amides is 1. The molecule has 150 valence electrons. The van der Waals surface area contributed by atoms with E-state index < -0.39 is 34.3 Å². The van der Waals surface area contributed by atoms with E-state index in [1.807, 2.05) is 6.92 Å². The second-order valence-corrected chi connectivity index (χ2v) is 7.66. The van der Waals surface area contributed by atoms with Crippen molar-refractivity contribution in [3.8, 4) is 0 Å². The third-order valence-corrected chi connectivity index (χ3v) is 5.10. The first-order valence-corrected chi connectivity index (χ1v) is 10.1. The monoisotopic (exact) mass is 408 g/mol. The Labute approximate surface area is 163 Å². The van der Waals surface area contributed by atoms with Crippen molar-refractivity contribution >= 4 is 27.6 Å². The number of halogens is 1. The van der Waals surface area contributed by atoms with E-state index in [1.54, 1.807) is 0 Å². The topological polar surface area (TPSA) is 102 Å². The molecule has 7 nitrogen and oxygen atoms in total. The summed E-state index contributed by atoms with van der Waals surface area (Å²) >= 11 is 0. The maximum absolute atomic E-state index is 12.9. The van der Waals surface area contributed by atoms with E-state index in [0.29, 0.717) is 17.9 Å².